The highest BCUT2D eigenvalue weighted by Gasteiger charge is 2.12. The second-order valence-corrected chi connectivity index (χ2v) is 2.23. The Bertz CT molecular complexity index is 243. The molecule has 0 unspecified atom stereocenters. The number of fused-ring (bicyclic) bond motifs is 1. The van der Waals surface area contributed by atoms with Gasteiger partial charge in [-0.05, 0) is 17.5 Å². The van der Waals surface area contributed by atoms with Crippen molar-refractivity contribution in [1.29, 1.82) is 0 Å². The van der Waals surface area contributed by atoms with Gasteiger partial charge in [-0.2, -0.15) is 0 Å². The summed E-state index contributed by atoms with van der Waals surface area (Å²) in [6.45, 7) is 0. The highest BCUT2D eigenvalue weighted by Crippen LogP contribution is 2.25. The Morgan fingerprint density at radius 1 is 1.18 bits per heavy atom. The fourth-order valence-electron chi connectivity index (χ4n) is 0.836. The first-order chi connectivity index (χ1) is 5.20. The number of benzene rings is 1. The number of carbonyl (C=O) groups is 1. The van der Waals surface area contributed by atoms with Crippen LogP contribution in [0.15, 0.2) is 24.3 Å². The van der Waals surface area contributed by atoms with Gasteiger partial charge in [-0.25, -0.2) is 4.79 Å². The molecule has 0 saturated heterocycles. The standard InChI is InChI=1S/C7H6.CH2O3/c1-2-4-7-5-6(7)3-1;2-1(3)4/h1-4H,5H2;(H2,2,3,4). The van der Waals surface area contributed by atoms with Gasteiger partial charge in [-0.15, -0.1) is 0 Å². The molecule has 0 amide bonds. The molecule has 0 fully saturated rings. The van der Waals surface area contributed by atoms with Crippen LogP contribution >= 0.6 is 0 Å². The van der Waals surface area contributed by atoms with Gasteiger partial charge in [0.2, 0.25) is 0 Å². The number of hydrogen-bond donors (Lipinski definition) is 2. The van der Waals surface area contributed by atoms with Crippen molar-refractivity contribution < 1.29 is 15.0 Å². The van der Waals surface area contributed by atoms with E-state index in [2.05, 4.69) is 24.3 Å². The summed E-state index contributed by atoms with van der Waals surface area (Å²) in [6.07, 6.45) is -0.590. The van der Waals surface area contributed by atoms with Crippen molar-refractivity contribution in [2.24, 2.45) is 0 Å². The summed E-state index contributed by atoms with van der Waals surface area (Å²) in [5.74, 6) is 0. The Balaban J connectivity index is 0.000000134. The SMILES string of the molecule is O=C(O)O.c1ccc2c(c1)C2. The lowest BCUT2D eigenvalue weighted by molar-refractivity contribution is 0.137. The molecule has 2 rings (SSSR count). The van der Waals surface area contributed by atoms with Crippen molar-refractivity contribution in [3.63, 3.8) is 0 Å². The minimum atomic E-state index is -1.83. The van der Waals surface area contributed by atoms with Crippen LogP contribution in [-0.4, -0.2) is 16.4 Å². The van der Waals surface area contributed by atoms with Gasteiger partial charge in [0.1, 0.15) is 0 Å². The minimum absolute atomic E-state index is 1.24. The number of hydrogen-bond acceptors (Lipinski definition) is 1. The third-order valence-corrected chi connectivity index (χ3v) is 1.37. The first kappa shape index (κ1) is 7.60. The Morgan fingerprint density at radius 2 is 1.55 bits per heavy atom. The van der Waals surface area contributed by atoms with Gasteiger partial charge < -0.3 is 10.2 Å². The highest BCUT2D eigenvalue weighted by atomic mass is 16.6. The molecule has 0 heterocycles. The molecule has 3 nitrogen and oxygen atoms in total. The monoisotopic (exact) mass is 152 g/mol. The average molecular weight is 152 g/mol. The zero-order valence-electron chi connectivity index (χ0n) is 5.82. The van der Waals surface area contributed by atoms with Gasteiger partial charge in [0.25, 0.3) is 0 Å². The molecular formula is C8H8O3. The molecule has 0 bridgehead atoms. The smallest absolute Gasteiger partial charge is 0.450 e. The van der Waals surface area contributed by atoms with E-state index in [4.69, 9.17) is 15.0 Å². The quantitative estimate of drug-likeness (QED) is 0.605. The predicted molar refractivity (Wildman–Crippen MR) is 39.9 cm³/mol. The number of rotatable bonds is 0. The van der Waals surface area contributed by atoms with Crippen LogP contribution in [0, 0.1) is 0 Å². The zero-order valence-corrected chi connectivity index (χ0v) is 5.82. The largest absolute Gasteiger partial charge is 0.503 e. The van der Waals surface area contributed by atoms with Crippen molar-refractivity contribution in [3.05, 3.63) is 35.4 Å². The molecule has 58 valence electrons. The molecule has 11 heavy (non-hydrogen) atoms. The number of carboxylic acid groups (broad SMARTS) is 2. The van der Waals surface area contributed by atoms with Gasteiger partial charge in [-0.1, -0.05) is 24.3 Å². The molecule has 0 atom stereocenters. The fraction of sp³-hybridized carbons (Fsp3) is 0.125. The molecule has 0 saturated carbocycles. The van der Waals surface area contributed by atoms with E-state index in [1.54, 1.807) is 0 Å². The summed E-state index contributed by atoms with van der Waals surface area (Å²) < 4.78 is 0. The van der Waals surface area contributed by atoms with E-state index >= 15 is 0 Å². The van der Waals surface area contributed by atoms with Gasteiger partial charge in [0.15, 0.2) is 0 Å². The Labute approximate surface area is 63.9 Å². The lowest BCUT2D eigenvalue weighted by Crippen LogP contribution is -1.81. The lowest BCUT2D eigenvalue weighted by Gasteiger charge is -1.69. The molecule has 1 aromatic carbocycles. The summed E-state index contributed by atoms with van der Waals surface area (Å²) in [7, 11) is 0. The van der Waals surface area contributed by atoms with Crippen LogP contribution in [0.3, 0.4) is 0 Å². The van der Waals surface area contributed by atoms with Crippen LogP contribution in [-0.2, 0) is 6.42 Å². The van der Waals surface area contributed by atoms with Gasteiger partial charge in [0, 0.05) is 0 Å². The summed E-state index contributed by atoms with van der Waals surface area (Å²) in [4.78, 5) is 8.56. The molecule has 3 heteroatoms. The maximum atomic E-state index is 8.56. The summed E-state index contributed by atoms with van der Waals surface area (Å²) in [5, 5.41) is 13.9. The Morgan fingerprint density at radius 3 is 1.82 bits per heavy atom. The molecule has 0 aromatic heterocycles. The fourth-order valence-corrected chi connectivity index (χ4v) is 0.836. The molecule has 0 radical (unpaired) electrons. The van der Waals surface area contributed by atoms with Crippen molar-refractivity contribution in [2.45, 2.75) is 6.42 Å². The van der Waals surface area contributed by atoms with E-state index in [0.29, 0.717) is 0 Å². The van der Waals surface area contributed by atoms with Crippen molar-refractivity contribution in [2.75, 3.05) is 0 Å². The van der Waals surface area contributed by atoms with Crippen LogP contribution in [0.5, 0.6) is 0 Å². The third-order valence-electron chi connectivity index (χ3n) is 1.37. The second kappa shape index (κ2) is 3.05. The van der Waals surface area contributed by atoms with E-state index in [1.165, 1.54) is 17.5 Å². The topological polar surface area (TPSA) is 57.5 Å². The van der Waals surface area contributed by atoms with E-state index in [0.717, 1.165) is 0 Å². The predicted octanol–water partition coefficient (Wildman–Crippen LogP) is 1.81. The lowest BCUT2D eigenvalue weighted by atomic mass is 10.4. The molecule has 1 aliphatic carbocycles. The molecule has 0 aliphatic heterocycles. The molecule has 1 aliphatic rings. The van der Waals surface area contributed by atoms with E-state index in [1.807, 2.05) is 0 Å². The van der Waals surface area contributed by atoms with Crippen molar-refractivity contribution in [3.8, 4) is 0 Å². The van der Waals surface area contributed by atoms with Crippen LogP contribution in [0.4, 0.5) is 4.79 Å². The molecule has 0 spiro atoms. The summed E-state index contributed by atoms with van der Waals surface area (Å²) in [5.41, 5.74) is 3.06. The Kier molecular flexibility index (Phi) is 2.11. The summed E-state index contributed by atoms with van der Waals surface area (Å²) in [6, 6.07) is 8.53. The minimum Gasteiger partial charge on any atom is -0.450 e. The first-order valence-corrected chi connectivity index (χ1v) is 3.19. The van der Waals surface area contributed by atoms with Gasteiger partial charge in [-0.3, -0.25) is 0 Å². The maximum Gasteiger partial charge on any atom is 0.503 e. The van der Waals surface area contributed by atoms with E-state index in [9.17, 15) is 0 Å². The van der Waals surface area contributed by atoms with Crippen LogP contribution in [0.2, 0.25) is 0 Å². The normalized spacial score (nSPS) is 10.5. The molecule has 1 aromatic rings. The van der Waals surface area contributed by atoms with Crippen molar-refractivity contribution >= 4 is 6.16 Å². The van der Waals surface area contributed by atoms with Crippen LogP contribution < -0.4 is 0 Å². The van der Waals surface area contributed by atoms with Gasteiger partial charge >= 0.3 is 6.16 Å². The molecular weight excluding hydrogens is 144 g/mol. The zero-order chi connectivity index (χ0) is 8.27. The van der Waals surface area contributed by atoms with Crippen molar-refractivity contribution in [1.82, 2.24) is 0 Å². The van der Waals surface area contributed by atoms with Gasteiger partial charge in [0.05, 0.1) is 0 Å². The van der Waals surface area contributed by atoms with Crippen LogP contribution in [0.25, 0.3) is 0 Å². The second-order valence-electron chi connectivity index (χ2n) is 2.23. The highest BCUT2D eigenvalue weighted by molar-refractivity contribution is 5.53. The van der Waals surface area contributed by atoms with Crippen LogP contribution in [0.1, 0.15) is 11.1 Å². The average Bonchev–Trinajstić information content (AvgIpc) is 2.62. The summed E-state index contributed by atoms with van der Waals surface area (Å²) >= 11 is 0. The van der Waals surface area contributed by atoms with E-state index < -0.39 is 6.16 Å². The first-order valence-electron chi connectivity index (χ1n) is 3.19. The Hall–Kier alpha value is -1.51. The van der Waals surface area contributed by atoms with E-state index in [-0.39, 0.29) is 0 Å². The third kappa shape index (κ3) is 2.71. The molecule has 2 N–H and O–H groups in total. The maximum absolute atomic E-state index is 8.56.